The van der Waals surface area contributed by atoms with Crippen molar-refractivity contribution in [1.82, 2.24) is 20.0 Å². The summed E-state index contributed by atoms with van der Waals surface area (Å²) in [5.41, 5.74) is 4.90. The highest BCUT2D eigenvalue weighted by Crippen LogP contribution is 2.59. The molecule has 41 heavy (non-hydrogen) atoms. The van der Waals surface area contributed by atoms with E-state index in [1.54, 1.807) is 0 Å². The Morgan fingerprint density at radius 1 is 1.00 bits per heavy atom. The van der Waals surface area contributed by atoms with E-state index in [0.717, 1.165) is 68.3 Å². The second kappa shape index (κ2) is 14.6. The molecule has 2 fully saturated rings. The maximum Gasteiger partial charge on any atom is 0.321 e. The topological polar surface area (TPSA) is 67.9 Å². The Kier molecular flexibility index (Phi) is 11.2. The van der Waals surface area contributed by atoms with Crippen molar-refractivity contribution in [1.29, 1.82) is 0 Å². The van der Waals surface area contributed by atoms with Gasteiger partial charge in [0.1, 0.15) is 0 Å². The largest absolute Gasteiger partial charge is 0.338 e. The Morgan fingerprint density at radius 2 is 1.68 bits per heavy atom. The minimum absolute atomic E-state index is 0.0246. The van der Waals surface area contributed by atoms with Gasteiger partial charge in [0.05, 0.1) is 0 Å². The number of hydrogen-bond donors (Lipinski definition) is 2. The third-order valence-electron chi connectivity index (χ3n) is 10.1. The van der Waals surface area contributed by atoms with Crippen LogP contribution in [-0.4, -0.2) is 79.1 Å². The van der Waals surface area contributed by atoms with Crippen molar-refractivity contribution in [3.63, 3.8) is 0 Å². The molecule has 228 valence electrons. The molecule has 1 aromatic carbocycles. The lowest BCUT2D eigenvalue weighted by molar-refractivity contribution is -0.00982. The molecule has 1 saturated carbocycles. The first kappa shape index (κ1) is 31.4. The fraction of sp³-hybridized carbons (Fsp3) is 0.706. The summed E-state index contributed by atoms with van der Waals surface area (Å²) in [6, 6.07) is 6.13. The fourth-order valence-corrected chi connectivity index (χ4v) is 6.98. The van der Waals surface area contributed by atoms with Crippen LogP contribution in [0.15, 0.2) is 29.8 Å². The van der Waals surface area contributed by atoms with Gasteiger partial charge in [-0.2, -0.15) is 0 Å². The molecule has 2 unspecified atom stereocenters. The molecule has 2 atom stereocenters. The monoisotopic (exact) mass is 565 g/mol. The Balaban J connectivity index is 1.26. The SMILES string of the molecule is CCCCCCCCNC(=O)N(CCN1CCN(C(=O)Nc2c(C)cccc2C)CC1)CC1=CCC2CC1C2(C)C. The number of nitrogens with one attached hydrogen (secondary N) is 2. The highest BCUT2D eigenvalue weighted by atomic mass is 16.2. The van der Waals surface area contributed by atoms with Gasteiger partial charge in [-0.25, -0.2) is 9.59 Å². The van der Waals surface area contributed by atoms with Crippen molar-refractivity contribution >= 4 is 17.7 Å². The molecule has 2 bridgehead atoms. The van der Waals surface area contributed by atoms with Gasteiger partial charge < -0.3 is 20.4 Å². The van der Waals surface area contributed by atoms with Crippen molar-refractivity contribution in [2.24, 2.45) is 17.3 Å². The van der Waals surface area contributed by atoms with Gasteiger partial charge in [0.2, 0.25) is 0 Å². The lowest BCUT2D eigenvalue weighted by Crippen LogP contribution is -2.53. The number of urea groups is 2. The van der Waals surface area contributed by atoms with Crippen LogP contribution in [0.3, 0.4) is 0 Å². The minimum Gasteiger partial charge on any atom is -0.338 e. The number of unbranched alkanes of at least 4 members (excludes halogenated alkanes) is 5. The smallest absolute Gasteiger partial charge is 0.321 e. The summed E-state index contributed by atoms with van der Waals surface area (Å²) >= 11 is 0. The molecule has 1 aromatic rings. The molecule has 1 saturated heterocycles. The lowest BCUT2D eigenvalue weighted by atomic mass is 9.49. The standard InChI is InChI=1S/C34H55N5O2/c1-6-7-8-9-10-11-17-35-32(40)39(25-28-15-16-29-24-30(28)34(29,4)5)23-20-37-18-21-38(22-19-37)33(41)36-31-26(2)13-12-14-27(31)3/h12-15,29-30H,6-11,16-25H2,1-5H3,(H,35,40)(H,36,41). The molecule has 7 nitrogen and oxygen atoms in total. The van der Waals surface area contributed by atoms with Crippen molar-refractivity contribution in [3.05, 3.63) is 41.0 Å². The van der Waals surface area contributed by atoms with Crippen LogP contribution >= 0.6 is 0 Å². The van der Waals surface area contributed by atoms with Gasteiger partial charge >= 0.3 is 12.1 Å². The Labute approximate surface area is 249 Å². The highest BCUT2D eigenvalue weighted by Gasteiger charge is 2.51. The predicted molar refractivity (Wildman–Crippen MR) is 169 cm³/mol. The predicted octanol–water partition coefficient (Wildman–Crippen LogP) is 6.82. The zero-order valence-corrected chi connectivity index (χ0v) is 26.4. The van der Waals surface area contributed by atoms with Crippen molar-refractivity contribution < 1.29 is 9.59 Å². The number of carbonyl (C=O) groups excluding carboxylic acids is 2. The van der Waals surface area contributed by atoms with Crippen molar-refractivity contribution in [2.75, 3.05) is 57.7 Å². The number of nitrogens with zero attached hydrogens (tertiary/aromatic N) is 3. The molecule has 0 radical (unpaired) electrons. The Morgan fingerprint density at radius 3 is 2.34 bits per heavy atom. The molecular formula is C34H55N5O2. The van der Waals surface area contributed by atoms with Gasteiger partial charge in [-0.15, -0.1) is 0 Å². The summed E-state index contributed by atoms with van der Waals surface area (Å²) in [7, 11) is 0. The second-order valence-electron chi connectivity index (χ2n) is 13.3. The van der Waals surface area contributed by atoms with E-state index < -0.39 is 0 Å². The molecular weight excluding hydrogens is 510 g/mol. The van der Waals surface area contributed by atoms with Crippen LogP contribution in [0.25, 0.3) is 0 Å². The van der Waals surface area contributed by atoms with E-state index in [4.69, 9.17) is 0 Å². The van der Waals surface area contributed by atoms with Gasteiger partial charge in [0.25, 0.3) is 0 Å². The molecule has 1 heterocycles. The fourth-order valence-electron chi connectivity index (χ4n) is 6.98. The number of amides is 4. The van der Waals surface area contributed by atoms with Gasteiger partial charge in [-0.3, -0.25) is 4.90 Å². The molecule has 1 aliphatic heterocycles. The third kappa shape index (κ3) is 8.06. The summed E-state index contributed by atoms with van der Waals surface area (Å²) in [6.45, 7) is 17.2. The average Bonchev–Trinajstić information content (AvgIpc) is 2.96. The zero-order chi connectivity index (χ0) is 29.4. The van der Waals surface area contributed by atoms with Crippen LogP contribution in [0.2, 0.25) is 0 Å². The summed E-state index contributed by atoms with van der Waals surface area (Å²) < 4.78 is 0. The van der Waals surface area contributed by atoms with E-state index in [2.05, 4.69) is 47.3 Å². The maximum absolute atomic E-state index is 13.4. The number of allylic oxidation sites excluding steroid dienone is 1. The van der Waals surface area contributed by atoms with E-state index in [9.17, 15) is 9.59 Å². The molecule has 2 N–H and O–H groups in total. The molecule has 4 aliphatic rings. The van der Waals surface area contributed by atoms with E-state index in [0.29, 0.717) is 31.0 Å². The summed E-state index contributed by atoms with van der Waals surface area (Å²) in [5, 5.41) is 6.36. The Hall–Kier alpha value is -2.54. The van der Waals surface area contributed by atoms with Gasteiger partial charge in [0, 0.05) is 58.0 Å². The van der Waals surface area contributed by atoms with E-state index in [1.165, 1.54) is 44.1 Å². The summed E-state index contributed by atoms with van der Waals surface area (Å²) in [4.78, 5) is 32.7. The van der Waals surface area contributed by atoms with E-state index in [-0.39, 0.29) is 12.1 Å². The number of carbonyl (C=O) groups is 2. The average molecular weight is 566 g/mol. The van der Waals surface area contributed by atoms with Crippen LogP contribution in [-0.2, 0) is 0 Å². The first-order chi connectivity index (χ1) is 19.7. The number of rotatable bonds is 13. The normalized spacial score (nSPS) is 21.6. The molecule has 3 aliphatic carbocycles. The molecule has 0 aromatic heterocycles. The number of fused-ring (bicyclic) bond motifs is 1. The summed E-state index contributed by atoms with van der Waals surface area (Å²) in [5.74, 6) is 1.41. The van der Waals surface area contributed by atoms with Crippen LogP contribution < -0.4 is 10.6 Å². The van der Waals surface area contributed by atoms with Crippen molar-refractivity contribution in [2.45, 2.75) is 86.0 Å². The molecule has 7 heteroatoms. The maximum atomic E-state index is 13.4. The number of anilines is 1. The van der Waals surface area contributed by atoms with Gasteiger partial charge in [-0.05, 0) is 61.5 Å². The molecule has 4 amide bonds. The number of aryl methyl sites for hydroxylation is 2. The van der Waals surface area contributed by atoms with E-state index >= 15 is 0 Å². The third-order valence-corrected chi connectivity index (χ3v) is 10.1. The van der Waals surface area contributed by atoms with E-state index in [1.807, 2.05) is 36.9 Å². The highest BCUT2D eigenvalue weighted by molar-refractivity contribution is 5.91. The van der Waals surface area contributed by atoms with Crippen molar-refractivity contribution in [3.8, 4) is 0 Å². The quantitative estimate of drug-likeness (QED) is 0.204. The van der Waals surface area contributed by atoms with Crippen LogP contribution in [0.1, 0.15) is 83.3 Å². The Bertz CT molecular complexity index is 1040. The first-order valence-electron chi connectivity index (χ1n) is 16.3. The van der Waals surface area contributed by atoms with Gasteiger partial charge in [-0.1, -0.05) is 82.7 Å². The number of hydrogen-bond acceptors (Lipinski definition) is 3. The molecule has 0 spiro atoms. The second-order valence-corrected chi connectivity index (χ2v) is 13.3. The number of para-hydroxylation sites is 1. The number of piperazine rings is 1. The van der Waals surface area contributed by atoms with Crippen LogP contribution in [0.4, 0.5) is 15.3 Å². The van der Waals surface area contributed by atoms with Crippen LogP contribution in [0, 0.1) is 31.1 Å². The molecule has 5 rings (SSSR count). The lowest BCUT2D eigenvalue weighted by Gasteiger charge is -2.57. The first-order valence-corrected chi connectivity index (χ1v) is 16.3. The minimum atomic E-state index is -0.0246. The van der Waals surface area contributed by atoms with Crippen LogP contribution in [0.5, 0.6) is 0 Å². The van der Waals surface area contributed by atoms with Gasteiger partial charge in [0.15, 0.2) is 0 Å². The zero-order valence-electron chi connectivity index (χ0n) is 26.4. The number of benzene rings is 1. The summed E-state index contributed by atoms with van der Waals surface area (Å²) in [6.07, 6.45) is 12.2.